The van der Waals surface area contributed by atoms with Gasteiger partial charge in [0.15, 0.2) is 16.6 Å². The van der Waals surface area contributed by atoms with Crippen LogP contribution in [0.3, 0.4) is 0 Å². The second-order valence-corrected chi connectivity index (χ2v) is 8.12. The Hall–Kier alpha value is -2.85. The minimum Gasteiger partial charge on any atom is -0.493 e. The average molecular weight is 465 g/mol. The van der Waals surface area contributed by atoms with Crippen molar-refractivity contribution in [1.29, 1.82) is 0 Å². The van der Waals surface area contributed by atoms with Gasteiger partial charge < -0.3 is 24.3 Å². The minimum atomic E-state index is -0.460. The number of benzene rings is 1. The van der Waals surface area contributed by atoms with E-state index in [2.05, 4.69) is 10.6 Å². The molecule has 0 spiro atoms. The fourth-order valence-corrected chi connectivity index (χ4v) is 4.97. The summed E-state index contributed by atoms with van der Waals surface area (Å²) >= 11 is 6.79. The number of carbonyl (C=O) groups excluding carboxylic acids is 2. The lowest BCUT2D eigenvalue weighted by Crippen LogP contribution is -2.34. The molecule has 10 heteroatoms. The fraction of sp³-hybridized carbons (Fsp3) is 0.381. The molecule has 0 saturated carbocycles. The first-order chi connectivity index (χ1) is 14.9. The predicted molar refractivity (Wildman–Crippen MR) is 122 cm³/mol. The standard InChI is InChI=1S/C21H24N2O6S2/c1-5-29-20(25)16-12-7-6-8-15(12)31-19(16)23-21(30)22-18(24)11-9-13(26-2)17(28-4)14(10-11)27-3/h9-10H,5-8H2,1-4H3,(H2,22,23,24,30). The second-order valence-electron chi connectivity index (χ2n) is 6.60. The van der Waals surface area contributed by atoms with Gasteiger partial charge in [0.25, 0.3) is 5.91 Å². The topological polar surface area (TPSA) is 95.1 Å². The highest BCUT2D eigenvalue weighted by Gasteiger charge is 2.28. The molecular formula is C21H24N2O6S2. The third-order valence-corrected chi connectivity index (χ3v) is 6.19. The summed E-state index contributed by atoms with van der Waals surface area (Å²) in [4.78, 5) is 26.4. The molecule has 0 radical (unpaired) electrons. The van der Waals surface area contributed by atoms with Crippen molar-refractivity contribution >= 4 is 45.5 Å². The van der Waals surface area contributed by atoms with E-state index in [0.717, 1.165) is 29.7 Å². The first-order valence-corrected chi connectivity index (χ1v) is 10.9. The Labute approximate surface area is 189 Å². The zero-order valence-corrected chi connectivity index (χ0v) is 19.4. The van der Waals surface area contributed by atoms with Crippen LogP contribution >= 0.6 is 23.6 Å². The Bertz CT molecular complexity index is 993. The molecule has 31 heavy (non-hydrogen) atoms. The van der Waals surface area contributed by atoms with Crippen LogP contribution in [0.15, 0.2) is 12.1 Å². The maximum absolute atomic E-state index is 12.8. The predicted octanol–water partition coefficient (Wildman–Crippen LogP) is 3.57. The number of thiocarbonyl (C=S) groups is 1. The highest BCUT2D eigenvalue weighted by molar-refractivity contribution is 7.80. The molecule has 2 aromatic rings. The van der Waals surface area contributed by atoms with Crippen molar-refractivity contribution in [2.75, 3.05) is 33.3 Å². The summed E-state index contributed by atoms with van der Waals surface area (Å²) in [5.41, 5.74) is 1.78. The van der Waals surface area contributed by atoms with Crippen molar-refractivity contribution in [3.63, 3.8) is 0 Å². The zero-order valence-electron chi connectivity index (χ0n) is 17.7. The van der Waals surface area contributed by atoms with Crippen molar-refractivity contribution in [1.82, 2.24) is 5.32 Å². The molecule has 1 aliphatic rings. The number of nitrogens with one attached hydrogen (secondary N) is 2. The van der Waals surface area contributed by atoms with E-state index >= 15 is 0 Å². The summed E-state index contributed by atoms with van der Waals surface area (Å²) in [5.74, 6) is 0.242. The number of aryl methyl sites for hydroxylation is 1. The number of rotatable bonds is 7. The van der Waals surface area contributed by atoms with Gasteiger partial charge in [-0.2, -0.15) is 0 Å². The largest absolute Gasteiger partial charge is 0.493 e. The fourth-order valence-electron chi connectivity index (χ4n) is 3.43. The van der Waals surface area contributed by atoms with Gasteiger partial charge in [0.2, 0.25) is 5.75 Å². The Kier molecular flexibility index (Phi) is 7.34. The summed E-state index contributed by atoms with van der Waals surface area (Å²) in [7, 11) is 4.43. The van der Waals surface area contributed by atoms with E-state index in [9.17, 15) is 9.59 Å². The number of methoxy groups -OCH3 is 3. The van der Waals surface area contributed by atoms with E-state index in [4.69, 9.17) is 31.2 Å². The molecule has 1 aliphatic carbocycles. The van der Waals surface area contributed by atoms with Gasteiger partial charge in [-0.25, -0.2) is 4.79 Å². The molecule has 0 saturated heterocycles. The maximum atomic E-state index is 12.8. The molecule has 8 nitrogen and oxygen atoms in total. The van der Waals surface area contributed by atoms with Crippen molar-refractivity contribution in [3.05, 3.63) is 33.7 Å². The number of esters is 1. The van der Waals surface area contributed by atoms with Crippen LogP contribution in [-0.2, 0) is 17.6 Å². The molecule has 0 atom stereocenters. The Morgan fingerprint density at radius 3 is 2.35 bits per heavy atom. The summed E-state index contributed by atoms with van der Waals surface area (Å²) in [6, 6.07) is 3.06. The molecule has 3 rings (SSSR count). The lowest BCUT2D eigenvalue weighted by atomic mass is 10.1. The number of fused-ring (bicyclic) bond motifs is 1. The number of carbonyl (C=O) groups is 2. The summed E-state index contributed by atoms with van der Waals surface area (Å²) in [6.45, 7) is 2.05. The number of amides is 1. The average Bonchev–Trinajstić information content (AvgIpc) is 3.33. The first kappa shape index (κ1) is 22.8. The van der Waals surface area contributed by atoms with E-state index in [1.807, 2.05) is 0 Å². The van der Waals surface area contributed by atoms with Crippen LogP contribution in [0.4, 0.5) is 5.00 Å². The highest BCUT2D eigenvalue weighted by Crippen LogP contribution is 2.40. The third-order valence-electron chi connectivity index (χ3n) is 4.78. The molecule has 0 unspecified atom stereocenters. The molecule has 0 fully saturated rings. The second kappa shape index (κ2) is 9.97. The summed E-state index contributed by atoms with van der Waals surface area (Å²) in [6.07, 6.45) is 2.75. The van der Waals surface area contributed by atoms with Crippen LogP contribution < -0.4 is 24.8 Å². The molecule has 0 bridgehead atoms. The van der Waals surface area contributed by atoms with Crippen LogP contribution in [0.1, 0.15) is 44.5 Å². The monoisotopic (exact) mass is 464 g/mol. The minimum absolute atomic E-state index is 0.0734. The molecule has 1 amide bonds. The van der Waals surface area contributed by atoms with Crippen molar-refractivity contribution in [2.45, 2.75) is 26.2 Å². The molecule has 1 aromatic carbocycles. The summed E-state index contributed by atoms with van der Waals surface area (Å²) < 4.78 is 21.1. The number of hydrogen-bond donors (Lipinski definition) is 2. The Balaban J connectivity index is 1.79. The van der Waals surface area contributed by atoms with Gasteiger partial charge in [-0.3, -0.25) is 10.1 Å². The van der Waals surface area contributed by atoms with E-state index < -0.39 is 5.91 Å². The number of ether oxygens (including phenoxy) is 4. The molecule has 1 aromatic heterocycles. The molecule has 0 aliphatic heterocycles. The van der Waals surface area contributed by atoms with Gasteiger partial charge in [-0.15, -0.1) is 11.3 Å². The molecule has 1 heterocycles. The Morgan fingerprint density at radius 2 is 1.77 bits per heavy atom. The first-order valence-electron chi connectivity index (χ1n) is 9.67. The number of anilines is 1. The van der Waals surface area contributed by atoms with Gasteiger partial charge >= 0.3 is 5.97 Å². The molecule has 166 valence electrons. The van der Waals surface area contributed by atoms with E-state index in [-0.39, 0.29) is 23.3 Å². The quantitative estimate of drug-likeness (QED) is 0.474. The lowest BCUT2D eigenvalue weighted by molar-refractivity contribution is 0.0527. The van der Waals surface area contributed by atoms with Crippen LogP contribution in [0.5, 0.6) is 17.2 Å². The van der Waals surface area contributed by atoms with Crippen LogP contribution in [0.2, 0.25) is 0 Å². The van der Waals surface area contributed by atoms with Crippen LogP contribution in [-0.4, -0.2) is 44.9 Å². The number of thiophene rings is 1. The smallest absolute Gasteiger partial charge is 0.341 e. The zero-order chi connectivity index (χ0) is 22.5. The van der Waals surface area contributed by atoms with Crippen molar-refractivity contribution in [2.24, 2.45) is 0 Å². The normalized spacial score (nSPS) is 12.0. The van der Waals surface area contributed by atoms with Crippen molar-refractivity contribution in [3.8, 4) is 17.2 Å². The van der Waals surface area contributed by atoms with Gasteiger partial charge in [0, 0.05) is 10.4 Å². The van der Waals surface area contributed by atoms with Gasteiger partial charge in [0.1, 0.15) is 5.00 Å². The van der Waals surface area contributed by atoms with E-state index in [0.29, 0.717) is 27.8 Å². The Morgan fingerprint density at radius 1 is 1.10 bits per heavy atom. The van der Waals surface area contributed by atoms with Crippen LogP contribution in [0, 0.1) is 0 Å². The molecule has 2 N–H and O–H groups in total. The van der Waals surface area contributed by atoms with E-state index in [1.165, 1.54) is 44.8 Å². The highest BCUT2D eigenvalue weighted by atomic mass is 32.1. The summed E-state index contributed by atoms with van der Waals surface area (Å²) in [5, 5.41) is 6.28. The van der Waals surface area contributed by atoms with Crippen LogP contribution in [0.25, 0.3) is 0 Å². The van der Waals surface area contributed by atoms with Gasteiger partial charge in [0.05, 0.1) is 33.5 Å². The molecular weight excluding hydrogens is 440 g/mol. The van der Waals surface area contributed by atoms with E-state index in [1.54, 1.807) is 6.92 Å². The van der Waals surface area contributed by atoms with Gasteiger partial charge in [-0.1, -0.05) is 0 Å². The number of hydrogen-bond acceptors (Lipinski definition) is 8. The lowest BCUT2D eigenvalue weighted by Gasteiger charge is -2.15. The SMILES string of the molecule is CCOC(=O)c1c(NC(=S)NC(=O)c2cc(OC)c(OC)c(OC)c2)sc2c1CCC2. The van der Waals surface area contributed by atoms with Crippen molar-refractivity contribution < 1.29 is 28.5 Å². The van der Waals surface area contributed by atoms with Gasteiger partial charge in [-0.05, 0) is 56.1 Å². The maximum Gasteiger partial charge on any atom is 0.341 e. The third kappa shape index (κ3) is 4.75.